The number of phenolic OH excluding ortho intramolecular Hbond substituents is 1. The lowest BCUT2D eigenvalue weighted by molar-refractivity contribution is 0.104. The Morgan fingerprint density at radius 1 is 0.867 bits per heavy atom. The van der Waals surface area contributed by atoms with Crippen LogP contribution in [0.15, 0.2) is 83.8 Å². The molecule has 0 aliphatic carbocycles. The first-order valence-corrected chi connectivity index (χ1v) is 10.9. The average molecular weight is 430 g/mol. The number of rotatable bonds is 4. The van der Waals surface area contributed by atoms with Gasteiger partial charge in [-0.2, -0.15) is 0 Å². The summed E-state index contributed by atoms with van der Waals surface area (Å²) >= 11 is 2.55. The van der Waals surface area contributed by atoms with E-state index >= 15 is 0 Å². The molecular weight excluding hydrogens is 414 g/mol. The van der Waals surface area contributed by atoms with Crippen LogP contribution in [0, 0.1) is 0 Å². The molecule has 5 aromatic rings. The Morgan fingerprint density at radius 3 is 2.30 bits per heavy atom. The van der Waals surface area contributed by atoms with Gasteiger partial charge in [0.2, 0.25) is 5.78 Å². The predicted molar refractivity (Wildman–Crippen MR) is 123 cm³/mol. The smallest absolute Gasteiger partial charge is 0.305 e. The third-order valence-electron chi connectivity index (χ3n) is 4.90. The van der Waals surface area contributed by atoms with Gasteiger partial charge in [-0.1, -0.05) is 65.9 Å². The van der Waals surface area contributed by atoms with Crippen LogP contribution in [-0.4, -0.2) is 15.9 Å². The summed E-state index contributed by atoms with van der Waals surface area (Å²) in [6, 6.07) is 22.2. The quantitative estimate of drug-likeness (QED) is 0.348. The van der Waals surface area contributed by atoms with Gasteiger partial charge >= 0.3 is 4.87 Å². The van der Waals surface area contributed by atoms with Gasteiger partial charge in [0.05, 0.1) is 9.75 Å². The van der Waals surface area contributed by atoms with Crippen molar-refractivity contribution in [3.05, 3.63) is 99.1 Å². The van der Waals surface area contributed by atoms with Crippen LogP contribution in [0.4, 0.5) is 0 Å². The minimum absolute atomic E-state index is 0.0424. The summed E-state index contributed by atoms with van der Waals surface area (Å²) in [6.07, 6.45) is 1.70. The van der Waals surface area contributed by atoms with Gasteiger partial charge in [0.25, 0.3) is 0 Å². The summed E-state index contributed by atoms with van der Waals surface area (Å²) in [5, 5.41) is 10.8. The van der Waals surface area contributed by atoms with Crippen molar-refractivity contribution in [2.75, 3.05) is 0 Å². The monoisotopic (exact) mass is 429 g/mol. The van der Waals surface area contributed by atoms with Crippen LogP contribution in [0.25, 0.3) is 31.7 Å². The van der Waals surface area contributed by atoms with E-state index in [2.05, 4.69) is 4.98 Å². The number of H-pyrrole nitrogens is 1. The van der Waals surface area contributed by atoms with Crippen LogP contribution in [0.1, 0.15) is 15.2 Å². The average Bonchev–Trinajstić information content (AvgIpc) is 3.37. The third-order valence-corrected chi connectivity index (χ3v) is 6.93. The minimum atomic E-state index is -0.0894. The van der Waals surface area contributed by atoms with E-state index in [1.54, 1.807) is 18.3 Å². The molecule has 0 aliphatic heterocycles. The molecule has 2 heterocycles. The fourth-order valence-electron chi connectivity index (χ4n) is 3.48. The summed E-state index contributed by atoms with van der Waals surface area (Å²) in [5.74, 6) is 0.131. The van der Waals surface area contributed by atoms with Crippen LogP contribution >= 0.6 is 22.7 Å². The molecule has 0 fully saturated rings. The van der Waals surface area contributed by atoms with Crippen molar-refractivity contribution in [2.45, 2.75) is 0 Å². The van der Waals surface area contributed by atoms with E-state index in [9.17, 15) is 14.7 Å². The van der Waals surface area contributed by atoms with Crippen LogP contribution in [0.3, 0.4) is 0 Å². The largest absolute Gasteiger partial charge is 0.508 e. The van der Waals surface area contributed by atoms with Gasteiger partial charge < -0.3 is 10.1 Å². The lowest BCUT2D eigenvalue weighted by Gasteiger charge is -2.06. The molecule has 0 aliphatic rings. The van der Waals surface area contributed by atoms with E-state index in [0.29, 0.717) is 10.4 Å². The van der Waals surface area contributed by atoms with Crippen molar-refractivity contribution in [1.29, 1.82) is 0 Å². The van der Waals surface area contributed by atoms with Crippen LogP contribution in [-0.2, 0) is 0 Å². The van der Waals surface area contributed by atoms with Crippen molar-refractivity contribution in [3.8, 4) is 27.3 Å². The molecule has 4 nitrogen and oxygen atoms in total. The van der Waals surface area contributed by atoms with E-state index < -0.39 is 0 Å². The first kappa shape index (κ1) is 18.5. The third kappa shape index (κ3) is 3.26. The molecule has 0 bridgehead atoms. The number of fused-ring (bicyclic) bond motifs is 1. The summed E-state index contributed by atoms with van der Waals surface area (Å²) in [6.45, 7) is 0. The highest BCUT2D eigenvalue weighted by Crippen LogP contribution is 2.41. The first-order chi connectivity index (χ1) is 14.6. The van der Waals surface area contributed by atoms with Crippen LogP contribution in [0.5, 0.6) is 5.75 Å². The van der Waals surface area contributed by atoms with E-state index in [0.717, 1.165) is 43.0 Å². The molecule has 30 heavy (non-hydrogen) atoms. The van der Waals surface area contributed by atoms with Crippen molar-refractivity contribution < 1.29 is 9.90 Å². The number of ketones is 1. The maximum Gasteiger partial charge on any atom is 0.305 e. The number of aromatic amines is 1. The van der Waals surface area contributed by atoms with Crippen molar-refractivity contribution in [3.63, 3.8) is 0 Å². The van der Waals surface area contributed by atoms with Crippen LogP contribution in [0.2, 0.25) is 0 Å². The van der Waals surface area contributed by atoms with Crippen molar-refractivity contribution in [1.82, 2.24) is 4.98 Å². The summed E-state index contributed by atoms with van der Waals surface area (Å²) in [7, 11) is 0. The zero-order chi connectivity index (χ0) is 20.7. The van der Waals surface area contributed by atoms with Crippen molar-refractivity contribution >= 4 is 38.5 Å². The van der Waals surface area contributed by atoms with Gasteiger partial charge in [0.15, 0.2) is 0 Å². The molecule has 2 aromatic heterocycles. The van der Waals surface area contributed by atoms with E-state index in [1.807, 2.05) is 60.7 Å². The Kier molecular flexibility index (Phi) is 4.58. The molecule has 0 spiro atoms. The highest BCUT2D eigenvalue weighted by molar-refractivity contribution is 7.21. The Balaban J connectivity index is 1.67. The molecule has 2 N–H and O–H groups in total. The number of hydrogen-bond acceptors (Lipinski definition) is 5. The fraction of sp³-hybridized carbons (Fsp3) is 0. The lowest BCUT2D eigenvalue weighted by Crippen LogP contribution is -2.00. The number of nitrogens with one attached hydrogen (secondary N) is 1. The zero-order valence-electron chi connectivity index (χ0n) is 15.6. The van der Waals surface area contributed by atoms with Crippen molar-refractivity contribution in [2.24, 2.45) is 0 Å². The topological polar surface area (TPSA) is 70.2 Å². The second kappa shape index (κ2) is 7.40. The van der Waals surface area contributed by atoms with E-state index in [4.69, 9.17) is 0 Å². The maximum atomic E-state index is 13.3. The number of thiazole rings is 1. The second-order valence-corrected chi connectivity index (χ2v) is 8.87. The number of carbonyl (C=O) groups excluding carboxylic acids is 1. The Bertz CT molecular complexity index is 1430. The Hall–Kier alpha value is -3.48. The first-order valence-electron chi connectivity index (χ1n) is 9.25. The van der Waals surface area contributed by atoms with Gasteiger partial charge in [-0.05, 0) is 29.3 Å². The molecule has 3 aromatic carbocycles. The summed E-state index contributed by atoms with van der Waals surface area (Å²) in [4.78, 5) is 28.8. The molecule has 0 radical (unpaired) electrons. The maximum absolute atomic E-state index is 13.3. The second-order valence-electron chi connectivity index (χ2n) is 6.80. The molecule has 146 valence electrons. The SMILES string of the molecule is O=C(c1ccccc1)c1sc2cc(O)ccc2c1-c1ccc(-c2c[nH]c(=O)s2)cc1. The highest BCUT2D eigenvalue weighted by Gasteiger charge is 2.21. The molecular formula is C24H15NO3S2. The molecule has 0 unspecified atom stereocenters. The molecule has 6 heteroatoms. The van der Waals surface area contributed by atoms with Crippen LogP contribution < -0.4 is 4.87 Å². The minimum Gasteiger partial charge on any atom is -0.508 e. The number of carbonyl (C=O) groups is 1. The Labute approximate surface area is 179 Å². The van der Waals surface area contributed by atoms with E-state index in [-0.39, 0.29) is 16.4 Å². The Morgan fingerprint density at radius 2 is 1.60 bits per heavy atom. The predicted octanol–water partition coefficient (Wildman–Crippen LogP) is 5.92. The summed E-state index contributed by atoms with van der Waals surface area (Å²) in [5.41, 5.74) is 3.34. The molecule has 5 rings (SSSR count). The van der Waals surface area contributed by atoms with Gasteiger partial charge in [-0.25, -0.2) is 0 Å². The fourth-order valence-corrected chi connectivity index (χ4v) is 5.39. The van der Waals surface area contributed by atoms with Gasteiger partial charge in [0.1, 0.15) is 5.75 Å². The zero-order valence-corrected chi connectivity index (χ0v) is 17.2. The molecule has 0 saturated carbocycles. The number of benzene rings is 3. The van der Waals surface area contributed by atoms with Gasteiger partial charge in [-0.15, -0.1) is 11.3 Å². The van der Waals surface area contributed by atoms with Gasteiger partial charge in [-0.3, -0.25) is 9.59 Å². The molecule has 0 atom stereocenters. The normalized spacial score (nSPS) is 11.1. The van der Waals surface area contributed by atoms with Gasteiger partial charge in [0, 0.05) is 27.4 Å². The standard InChI is InChI=1S/C24H15NO3S2/c26-17-10-11-18-19(12-17)29-23(22(27)16-4-2-1-3-5-16)21(18)15-8-6-14(7-9-15)20-13-25-24(28)30-20/h1-13,26H,(H,25,28). The number of aromatic hydroxyl groups is 1. The highest BCUT2D eigenvalue weighted by atomic mass is 32.1. The summed E-state index contributed by atoms with van der Waals surface area (Å²) < 4.78 is 0.859. The number of aromatic nitrogens is 1. The number of hydrogen-bond donors (Lipinski definition) is 2. The molecule has 0 saturated heterocycles. The molecule has 0 amide bonds. The number of phenols is 1. The number of thiophene rings is 1. The van der Waals surface area contributed by atoms with E-state index in [1.165, 1.54) is 11.3 Å². The lowest BCUT2D eigenvalue weighted by atomic mass is 9.97.